The Labute approximate surface area is 53.5 Å². The Morgan fingerprint density at radius 2 is 2.12 bits per heavy atom. The van der Waals surface area contributed by atoms with Gasteiger partial charge in [-0.25, -0.2) is 0 Å². The van der Waals surface area contributed by atoms with E-state index in [0.717, 1.165) is 0 Å². The molecule has 1 atom stereocenters. The van der Waals surface area contributed by atoms with Crippen LogP contribution in [0, 0.1) is 0 Å². The fraction of sp³-hybridized carbons (Fsp3) is 1.00. The van der Waals surface area contributed by atoms with Crippen molar-refractivity contribution in [3.63, 3.8) is 0 Å². The van der Waals surface area contributed by atoms with Crippen LogP contribution in [-0.4, -0.2) is 27.7 Å². The molecule has 0 rings (SSSR count). The van der Waals surface area contributed by atoms with E-state index in [1.54, 1.807) is 0 Å². The van der Waals surface area contributed by atoms with Gasteiger partial charge in [0.1, 0.15) is 0 Å². The van der Waals surface area contributed by atoms with E-state index in [-0.39, 0.29) is 0 Å². The van der Waals surface area contributed by atoms with Gasteiger partial charge in [-0.3, -0.25) is 14.2 Å². The lowest BCUT2D eigenvalue weighted by molar-refractivity contribution is 0.494. The maximum atomic E-state index is 8.74. The Kier molecular flexibility index (Phi) is 3.94. The monoisotopic (exact) mass is 157 g/mol. The van der Waals surface area contributed by atoms with E-state index in [1.807, 2.05) is 0 Å². The summed E-state index contributed by atoms with van der Waals surface area (Å²) in [6.07, 6.45) is 1.44. The molecule has 1 unspecified atom stereocenters. The van der Waals surface area contributed by atoms with Gasteiger partial charge in [-0.1, -0.05) is 9.39 Å². The third kappa shape index (κ3) is 6.66. The second kappa shape index (κ2) is 3.64. The maximum absolute atomic E-state index is 8.74. The Balaban J connectivity index is 3.11. The van der Waals surface area contributed by atoms with Crippen LogP contribution in [0.5, 0.6) is 0 Å². The molecule has 0 bridgehead atoms. The van der Waals surface area contributed by atoms with Crippen LogP contribution in [-0.2, 0) is 0 Å². The van der Waals surface area contributed by atoms with Crippen molar-refractivity contribution in [2.24, 2.45) is 0 Å². The first-order valence-corrected chi connectivity index (χ1v) is 4.91. The topological polar surface area (TPSA) is 52.5 Å². The van der Waals surface area contributed by atoms with Crippen molar-refractivity contribution in [1.29, 1.82) is 0 Å². The standard InChI is InChI=1S/C3H12NO2PS/c1-8(5,6)3-2-4-7/h4-6H,2-3,7H2,1H3. The summed E-state index contributed by atoms with van der Waals surface area (Å²) < 4.78 is 17.5. The molecule has 0 fully saturated rings. The molecule has 8 heavy (non-hydrogen) atoms. The summed E-state index contributed by atoms with van der Waals surface area (Å²) in [5.41, 5.74) is 0. The summed E-state index contributed by atoms with van der Waals surface area (Å²) in [6, 6.07) is 0. The average Bonchev–Trinajstić information content (AvgIpc) is 1.59. The molecule has 3 nitrogen and oxygen atoms in total. The van der Waals surface area contributed by atoms with Gasteiger partial charge in [0.15, 0.2) is 0 Å². The SMILES string of the molecule is CS(O)(O)CCNP. The molecule has 0 saturated carbocycles. The predicted octanol–water partition coefficient (Wildman–Crippen LogP) is 0.746. The second-order valence-corrected chi connectivity index (χ2v) is 4.46. The van der Waals surface area contributed by atoms with E-state index in [0.29, 0.717) is 12.3 Å². The molecule has 5 heteroatoms. The van der Waals surface area contributed by atoms with Crippen LogP contribution in [0.3, 0.4) is 0 Å². The lowest BCUT2D eigenvalue weighted by Gasteiger charge is -2.25. The number of rotatable bonds is 3. The van der Waals surface area contributed by atoms with Crippen LogP contribution in [0.2, 0.25) is 0 Å². The Hall–Kier alpha value is 0.660. The molecule has 0 aromatic carbocycles. The van der Waals surface area contributed by atoms with Crippen molar-refractivity contribution in [3.8, 4) is 0 Å². The van der Waals surface area contributed by atoms with E-state index in [1.165, 1.54) is 6.26 Å². The Bertz CT molecular complexity index is 64.8. The molecule has 0 aromatic rings. The molecule has 0 amide bonds. The van der Waals surface area contributed by atoms with E-state index in [4.69, 9.17) is 9.11 Å². The smallest absolute Gasteiger partial charge is 0.0499 e. The molecule has 0 saturated heterocycles. The lowest BCUT2D eigenvalue weighted by Crippen LogP contribution is -2.11. The van der Waals surface area contributed by atoms with Crippen LogP contribution in [0.4, 0.5) is 0 Å². The van der Waals surface area contributed by atoms with E-state index in [2.05, 4.69) is 14.5 Å². The molecule has 52 valence electrons. The summed E-state index contributed by atoms with van der Waals surface area (Å²) in [4.78, 5) is 0. The van der Waals surface area contributed by atoms with Gasteiger partial charge in [-0.05, 0) is 0 Å². The van der Waals surface area contributed by atoms with E-state index >= 15 is 0 Å². The van der Waals surface area contributed by atoms with Crippen LogP contribution in [0.15, 0.2) is 0 Å². The maximum Gasteiger partial charge on any atom is 0.0499 e. The van der Waals surface area contributed by atoms with E-state index in [9.17, 15) is 0 Å². The van der Waals surface area contributed by atoms with Gasteiger partial charge in [-0.2, -0.15) is 10.6 Å². The summed E-state index contributed by atoms with van der Waals surface area (Å²) in [6.45, 7) is 0.628. The largest absolute Gasteiger partial charge is 0.300 e. The van der Waals surface area contributed by atoms with Gasteiger partial charge >= 0.3 is 0 Å². The quantitative estimate of drug-likeness (QED) is 0.530. The second-order valence-electron chi connectivity index (χ2n) is 1.65. The number of nitrogens with one attached hydrogen (secondary N) is 1. The summed E-state index contributed by atoms with van der Waals surface area (Å²) in [7, 11) is 0.0365. The Morgan fingerprint density at radius 3 is 2.25 bits per heavy atom. The molecule has 3 N–H and O–H groups in total. The molecule has 0 aliphatic heterocycles. The van der Waals surface area contributed by atoms with Gasteiger partial charge in [0.2, 0.25) is 0 Å². The third-order valence-electron chi connectivity index (χ3n) is 0.633. The minimum absolute atomic E-state index is 0.427. The molecule has 0 aromatic heterocycles. The van der Waals surface area contributed by atoms with Gasteiger partial charge < -0.3 is 0 Å². The zero-order chi connectivity index (χ0) is 6.62. The van der Waals surface area contributed by atoms with Crippen molar-refractivity contribution in [1.82, 2.24) is 5.09 Å². The molecule has 0 radical (unpaired) electrons. The normalized spacial score (nSPS) is 14.0. The Morgan fingerprint density at radius 1 is 1.62 bits per heavy atom. The molecular weight excluding hydrogens is 145 g/mol. The van der Waals surface area contributed by atoms with Gasteiger partial charge in [0, 0.05) is 18.6 Å². The highest BCUT2D eigenvalue weighted by Crippen LogP contribution is 2.31. The van der Waals surface area contributed by atoms with Gasteiger partial charge in [0.25, 0.3) is 0 Å². The predicted molar refractivity (Wildman–Crippen MR) is 41.4 cm³/mol. The summed E-state index contributed by atoms with van der Waals surface area (Å²) in [5, 5.41) is 2.74. The summed E-state index contributed by atoms with van der Waals surface area (Å²) >= 11 is 0. The summed E-state index contributed by atoms with van der Waals surface area (Å²) in [5.74, 6) is 0.427. The zero-order valence-electron chi connectivity index (χ0n) is 4.79. The average molecular weight is 157 g/mol. The van der Waals surface area contributed by atoms with Crippen LogP contribution in [0.25, 0.3) is 0 Å². The molecule has 0 spiro atoms. The van der Waals surface area contributed by atoms with Gasteiger partial charge in [-0.15, -0.1) is 0 Å². The fourth-order valence-corrected chi connectivity index (χ4v) is 1.11. The highest BCUT2D eigenvalue weighted by molar-refractivity contribution is 8.23. The number of hydrogen-bond donors (Lipinski definition) is 3. The molecular formula is C3H12NO2PS. The minimum atomic E-state index is -2.26. The highest BCUT2D eigenvalue weighted by Gasteiger charge is 1.99. The van der Waals surface area contributed by atoms with Gasteiger partial charge in [0.05, 0.1) is 0 Å². The fourth-order valence-electron chi connectivity index (χ4n) is 0.252. The highest BCUT2D eigenvalue weighted by atomic mass is 32.3. The first-order valence-electron chi connectivity index (χ1n) is 2.20. The first kappa shape index (κ1) is 8.66. The van der Waals surface area contributed by atoms with Crippen LogP contribution in [0.1, 0.15) is 0 Å². The van der Waals surface area contributed by atoms with Crippen LogP contribution >= 0.6 is 20.0 Å². The zero-order valence-corrected chi connectivity index (χ0v) is 6.77. The molecule has 0 aliphatic rings. The lowest BCUT2D eigenvalue weighted by atomic mass is 10.8. The van der Waals surface area contributed by atoms with Crippen molar-refractivity contribution in [3.05, 3.63) is 0 Å². The number of hydrogen-bond acceptors (Lipinski definition) is 3. The van der Waals surface area contributed by atoms with Crippen molar-refractivity contribution in [2.45, 2.75) is 0 Å². The van der Waals surface area contributed by atoms with Crippen LogP contribution < -0.4 is 5.09 Å². The van der Waals surface area contributed by atoms with Crippen molar-refractivity contribution in [2.75, 3.05) is 18.6 Å². The minimum Gasteiger partial charge on any atom is -0.300 e. The van der Waals surface area contributed by atoms with E-state index < -0.39 is 10.6 Å². The van der Waals surface area contributed by atoms with Crippen molar-refractivity contribution >= 4 is 20.0 Å². The first-order chi connectivity index (χ1) is 3.56. The third-order valence-corrected chi connectivity index (χ3v) is 1.90. The van der Waals surface area contributed by atoms with Crippen molar-refractivity contribution < 1.29 is 9.11 Å². The molecule has 0 aliphatic carbocycles. The molecule has 0 heterocycles.